The Bertz CT molecular complexity index is 896. The summed E-state index contributed by atoms with van der Waals surface area (Å²) in [4.78, 5) is 4.12. The second-order valence-electron chi connectivity index (χ2n) is 5.31. The minimum absolute atomic E-state index is 0.133. The van der Waals surface area contributed by atoms with E-state index in [4.69, 9.17) is 0 Å². The Morgan fingerprint density at radius 1 is 1.12 bits per heavy atom. The van der Waals surface area contributed by atoms with Gasteiger partial charge in [-0.15, -0.1) is 10.2 Å². The van der Waals surface area contributed by atoms with E-state index in [9.17, 15) is 8.78 Å². The van der Waals surface area contributed by atoms with E-state index in [-0.39, 0.29) is 12.3 Å². The highest BCUT2D eigenvalue weighted by Crippen LogP contribution is 2.19. The van der Waals surface area contributed by atoms with Gasteiger partial charge in [0.25, 0.3) is 0 Å². The minimum Gasteiger partial charge on any atom is -0.434 e. The van der Waals surface area contributed by atoms with Crippen LogP contribution in [-0.2, 0) is 13.1 Å². The fourth-order valence-electron chi connectivity index (χ4n) is 2.43. The number of aliphatic imine (C=N–C) groups is 1. The van der Waals surface area contributed by atoms with Gasteiger partial charge in [-0.25, -0.2) is 0 Å². The number of para-hydroxylation sites is 1. The van der Waals surface area contributed by atoms with Gasteiger partial charge in [0.1, 0.15) is 5.75 Å². The Morgan fingerprint density at radius 2 is 1.88 bits per heavy atom. The van der Waals surface area contributed by atoms with Gasteiger partial charge in [0.05, 0.1) is 6.54 Å². The summed E-state index contributed by atoms with van der Waals surface area (Å²) >= 11 is 0. The lowest BCUT2D eigenvalue weighted by molar-refractivity contribution is -0.0504. The minimum atomic E-state index is -2.87. The van der Waals surface area contributed by atoms with E-state index in [0.29, 0.717) is 18.1 Å². The second-order valence-corrected chi connectivity index (χ2v) is 5.31. The normalized spacial score (nSPS) is 11.8. The lowest BCUT2D eigenvalue weighted by Crippen LogP contribution is -2.36. The monoisotopic (exact) mass is 360 g/mol. The van der Waals surface area contributed by atoms with Gasteiger partial charge in [-0.1, -0.05) is 24.3 Å². The number of ether oxygens (including phenoxy) is 1. The standard InChI is InChI=1S/C17H18F2N6O/c1-20-17(21-10-12-6-2-3-7-13(12)26-16(18)19)22-11-15-24-23-14-8-4-5-9-25(14)15/h2-9,16H,10-11H2,1H3,(H2,20,21,22). The van der Waals surface area contributed by atoms with Crippen molar-refractivity contribution in [1.29, 1.82) is 0 Å². The van der Waals surface area contributed by atoms with Crippen molar-refractivity contribution in [1.82, 2.24) is 25.2 Å². The first-order valence-corrected chi connectivity index (χ1v) is 7.93. The van der Waals surface area contributed by atoms with Gasteiger partial charge in [-0.2, -0.15) is 8.78 Å². The van der Waals surface area contributed by atoms with Crippen LogP contribution in [0.5, 0.6) is 5.75 Å². The second kappa shape index (κ2) is 8.24. The van der Waals surface area contributed by atoms with Crippen LogP contribution in [0.4, 0.5) is 8.78 Å². The van der Waals surface area contributed by atoms with Gasteiger partial charge in [0, 0.05) is 25.4 Å². The zero-order valence-corrected chi connectivity index (χ0v) is 14.1. The van der Waals surface area contributed by atoms with E-state index >= 15 is 0 Å². The number of nitrogens with zero attached hydrogens (tertiary/aromatic N) is 4. The van der Waals surface area contributed by atoms with Crippen LogP contribution in [0, 0.1) is 0 Å². The van der Waals surface area contributed by atoms with Crippen molar-refractivity contribution in [3.8, 4) is 5.75 Å². The number of hydrogen-bond donors (Lipinski definition) is 2. The number of benzene rings is 1. The smallest absolute Gasteiger partial charge is 0.387 e. The maximum Gasteiger partial charge on any atom is 0.387 e. The van der Waals surface area contributed by atoms with Gasteiger partial charge >= 0.3 is 6.61 Å². The number of aromatic nitrogens is 3. The summed E-state index contributed by atoms with van der Waals surface area (Å²) in [6, 6.07) is 12.3. The number of hydrogen-bond acceptors (Lipinski definition) is 4. The molecule has 1 aromatic carbocycles. The van der Waals surface area contributed by atoms with Crippen LogP contribution in [0.2, 0.25) is 0 Å². The van der Waals surface area contributed by atoms with E-state index in [2.05, 4.69) is 30.6 Å². The van der Waals surface area contributed by atoms with Crippen molar-refractivity contribution < 1.29 is 13.5 Å². The molecule has 0 saturated heterocycles. The summed E-state index contributed by atoms with van der Waals surface area (Å²) in [5.74, 6) is 1.36. The molecule has 136 valence electrons. The summed E-state index contributed by atoms with van der Waals surface area (Å²) in [7, 11) is 1.62. The zero-order chi connectivity index (χ0) is 18.4. The highest BCUT2D eigenvalue weighted by atomic mass is 19.3. The molecule has 2 aromatic heterocycles. The van der Waals surface area contributed by atoms with Crippen molar-refractivity contribution in [3.63, 3.8) is 0 Å². The number of pyridine rings is 1. The van der Waals surface area contributed by atoms with Crippen molar-refractivity contribution in [2.75, 3.05) is 7.05 Å². The Kier molecular flexibility index (Phi) is 5.57. The molecule has 0 unspecified atom stereocenters. The molecule has 0 aliphatic rings. The number of alkyl halides is 2. The maximum atomic E-state index is 12.5. The number of guanidine groups is 1. The Labute approximate surface area is 148 Å². The molecule has 0 radical (unpaired) electrons. The maximum absolute atomic E-state index is 12.5. The summed E-state index contributed by atoms with van der Waals surface area (Å²) in [6.45, 7) is -2.18. The molecular weight excluding hydrogens is 342 g/mol. The summed E-state index contributed by atoms with van der Waals surface area (Å²) in [6.07, 6.45) is 1.88. The fraction of sp³-hybridized carbons (Fsp3) is 0.235. The average molecular weight is 360 g/mol. The molecule has 0 bridgehead atoms. The highest BCUT2D eigenvalue weighted by Gasteiger charge is 2.10. The molecule has 0 spiro atoms. The van der Waals surface area contributed by atoms with Crippen LogP contribution in [0.3, 0.4) is 0 Å². The summed E-state index contributed by atoms with van der Waals surface area (Å²) in [5, 5.41) is 14.4. The van der Waals surface area contributed by atoms with E-state index in [1.54, 1.807) is 25.2 Å². The van der Waals surface area contributed by atoms with Gasteiger partial charge in [-0.3, -0.25) is 9.39 Å². The molecule has 0 aliphatic carbocycles. The Balaban J connectivity index is 1.61. The SMILES string of the molecule is CN=C(NCc1ccccc1OC(F)F)NCc1nnc2ccccn12. The third kappa shape index (κ3) is 4.24. The van der Waals surface area contributed by atoms with E-state index in [0.717, 1.165) is 11.5 Å². The van der Waals surface area contributed by atoms with Gasteiger partial charge < -0.3 is 15.4 Å². The van der Waals surface area contributed by atoms with Gasteiger partial charge in [0.2, 0.25) is 0 Å². The highest BCUT2D eigenvalue weighted by molar-refractivity contribution is 5.79. The lowest BCUT2D eigenvalue weighted by Gasteiger charge is -2.14. The third-order valence-corrected chi connectivity index (χ3v) is 3.66. The van der Waals surface area contributed by atoms with Crippen molar-refractivity contribution >= 4 is 11.6 Å². The summed E-state index contributed by atoms with van der Waals surface area (Å²) < 4.78 is 31.3. The number of fused-ring (bicyclic) bond motifs is 1. The van der Waals surface area contributed by atoms with E-state index in [1.165, 1.54) is 6.07 Å². The summed E-state index contributed by atoms with van der Waals surface area (Å²) in [5.41, 5.74) is 1.36. The molecule has 0 atom stereocenters. The number of nitrogens with one attached hydrogen (secondary N) is 2. The molecule has 0 fully saturated rings. The van der Waals surface area contributed by atoms with E-state index < -0.39 is 6.61 Å². The number of halogens is 2. The third-order valence-electron chi connectivity index (χ3n) is 3.66. The molecule has 0 saturated carbocycles. The predicted molar refractivity (Wildman–Crippen MR) is 93.1 cm³/mol. The molecule has 0 aliphatic heterocycles. The molecule has 26 heavy (non-hydrogen) atoms. The van der Waals surface area contributed by atoms with Gasteiger partial charge in [0.15, 0.2) is 17.4 Å². The van der Waals surface area contributed by atoms with E-state index in [1.807, 2.05) is 28.8 Å². The van der Waals surface area contributed by atoms with Crippen LogP contribution in [-0.4, -0.2) is 34.2 Å². The fourth-order valence-corrected chi connectivity index (χ4v) is 2.43. The predicted octanol–water partition coefficient (Wildman–Crippen LogP) is 2.20. The number of rotatable bonds is 6. The molecule has 2 heterocycles. The largest absolute Gasteiger partial charge is 0.434 e. The molecule has 2 N–H and O–H groups in total. The molecule has 3 aromatic rings. The first-order valence-electron chi connectivity index (χ1n) is 7.93. The molecule has 3 rings (SSSR count). The van der Waals surface area contributed by atoms with Crippen LogP contribution >= 0.6 is 0 Å². The van der Waals surface area contributed by atoms with Crippen LogP contribution in [0.25, 0.3) is 5.65 Å². The van der Waals surface area contributed by atoms with Gasteiger partial charge in [-0.05, 0) is 18.2 Å². The Morgan fingerprint density at radius 3 is 2.69 bits per heavy atom. The first-order chi connectivity index (χ1) is 12.7. The lowest BCUT2D eigenvalue weighted by atomic mass is 10.2. The Hall–Kier alpha value is -3.23. The molecule has 9 heteroatoms. The molecule has 7 nitrogen and oxygen atoms in total. The van der Waals surface area contributed by atoms with Crippen molar-refractivity contribution in [3.05, 3.63) is 60.0 Å². The van der Waals surface area contributed by atoms with Crippen molar-refractivity contribution in [2.24, 2.45) is 4.99 Å². The zero-order valence-electron chi connectivity index (χ0n) is 14.1. The topological polar surface area (TPSA) is 75.8 Å². The first kappa shape index (κ1) is 17.6. The average Bonchev–Trinajstić information content (AvgIpc) is 3.06. The molecular formula is C17H18F2N6O. The van der Waals surface area contributed by atoms with Crippen LogP contribution in [0.1, 0.15) is 11.4 Å². The van der Waals surface area contributed by atoms with Crippen molar-refractivity contribution in [2.45, 2.75) is 19.7 Å². The quantitative estimate of drug-likeness (QED) is 0.521. The van der Waals surface area contributed by atoms with Crippen LogP contribution < -0.4 is 15.4 Å². The molecule has 0 amide bonds. The van der Waals surface area contributed by atoms with Crippen LogP contribution in [0.15, 0.2) is 53.7 Å².